The monoisotopic (exact) mass is 238 g/mol. The average molecular weight is 239 g/mol. The summed E-state index contributed by atoms with van der Waals surface area (Å²) in [5, 5.41) is 0.270. The molecule has 2 aromatic rings. The molecule has 0 radical (unpaired) electrons. The van der Waals surface area contributed by atoms with Crippen LogP contribution in [0.2, 0.25) is 5.02 Å². The molecule has 5 heteroatoms. The lowest BCUT2D eigenvalue weighted by Gasteiger charge is -2.01. The molecule has 3 nitrogen and oxygen atoms in total. The van der Waals surface area contributed by atoms with Crippen molar-refractivity contribution in [3.63, 3.8) is 0 Å². The number of nitrogens with zero attached hydrogens (tertiary/aromatic N) is 1. The maximum absolute atomic E-state index is 13.4. The average Bonchev–Trinajstić information content (AvgIpc) is 2.70. The van der Waals surface area contributed by atoms with E-state index in [1.807, 2.05) is 0 Å². The minimum atomic E-state index is -0.607. The Morgan fingerprint density at radius 3 is 2.94 bits per heavy atom. The van der Waals surface area contributed by atoms with Crippen molar-refractivity contribution < 1.29 is 9.18 Å². The van der Waals surface area contributed by atoms with Gasteiger partial charge in [0.2, 0.25) is 0 Å². The molecule has 16 heavy (non-hydrogen) atoms. The zero-order valence-corrected chi connectivity index (χ0v) is 8.96. The summed E-state index contributed by atoms with van der Waals surface area (Å²) in [6.45, 7) is 0. The third kappa shape index (κ3) is 2.28. The maximum Gasteiger partial charge on any atom is 0.173 e. The first-order chi connectivity index (χ1) is 7.66. The number of Topliss-reactive ketones (excluding diaryl/α,β-unsaturated/α-hetero) is 1. The van der Waals surface area contributed by atoms with Crippen LogP contribution in [0.25, 0.3) is 0 Å². The fourth-order valence-electron chi connectivity index (χ4n) is 1.36. The van der Waals surface area contributed by atoms with Crippen LogP contribution in [0, 0.1) is 5.82 Å². The maximum atomic E-state index is 13.4. The van der Waals surface area contributed by atoms with Crippen LogP contribution in [0.1, 0.15) is 16.2 Å². The molecule has 0 aliphatic heterocycles. The van der Waals surface area contributed by atoms with E-state index in [2.05, 4.69) is 9.97 Å². The molecule has 0 fully saturated rings. The molecule has 0 saturated carbocycles. The second kappa shape index (κ2) is 4.45. The third-order valence-corrected chi connectivity index (χ3v) is 2.35. The molecule has 1 aromatic carbocycles. The number of nitrogens with one attached hydrogen (secondary N) is 1. The molecule has 2 rings (SSSR count). The summed E-state index contributed by atoms with van der Waals surface area (Å²) in [5.41, 5.74) is 0.0285. The summed E-state index contributed by atoms with van der Waals surface area (Å²) in [5.74, 6) is -0.424. The summed E-state index contributed by atoms with van der Waals surface area (Å²) in [6, 6.07) is 3.99. The Morgan fingerprint density at radius 2 is 2.31 bits per heavy atom. The number of aromatic amines is 1. The summed E-state index contributed by atoms with van der Waals surface area (Å²) < 4.78 is 13.4. The quantitative estimate of drug-likeness (QED) is 0.836. The van der Waals surface area contributed by atoms with Gasteiger partial charge >= 0.3 is 0 Å². The highest BCUT2D eigenvalue weighted by atomic mass is 35.5. The minimum absolute atomic E-state index is 0.0285. The van der Waals surface area contributed by atoms with Crippen LogP contribution < -0.4 is 0 Å². The first kappa shape index (κ1) is 10.8. The molecular formula is C11H8ClFN2O. The van der Waals surface area contributed by atoms with Gasteiger partial charge in [0, 0.05) is 17.4 Å². The second-order valence-electron chi connectivity index (χ2n) is 3.26. The van der Waals surface area contributed by atoms with Crippen molar-refractivity contribution in [2.75, 3.05) is 0 Å². The predicted molar refractivity (Wildman–Crippen MR) is 58.0 cm³/mol. The van der Waals surface area contributed by atoms with Crippen LogP contribution in [0.3, 0.4) is 0 Å². The zero-order valence-electron chi connectivity index (χ0n) is 8.21. The molecule has 0 spiro atoms. The fraction of sp³-hybridized carbons (Fsp3) is 0.0909. The standard InChI is InChI=1S/C11H8ClFN2O/c12-7-1-2-8(9(13)5-7)10(16)6-11-14-3-4-15-11/h1-5H,6H2,(H,14,15). The lowest BCUT2D eigenvalue weighted by Crippen LogP contribution is -2.07. The van der Waals surface area contributed by atoms with E-state index in [0.717, 1.165) is 6.07 Å². The highest BCUT2D eigenvalue weighted by molar-refractivity contribution is 6.30. The first-order valence-corrected chi connectivity index (χ1v) is 5.01. The van der Waals surface area contributed by atoms with Crippen LogP contribution >= 0.6 is 11.6 Å². The topological polar surface area (TPSA) is 45.8 Å². The summed E-state index contributed by atoms with van der Waals surface area (Å²) in [7, 11) is 0. The van der Waals surface area contributed by atoms with E-state index >= 15 is 0 Å². The molecule has 0 saturated heterocycles. The van der Waals surface area contributed by atoms with Gasteiger partial charge in [-0.05, 0) is 18.2 Å². The lowest BCUT2D eigenvalue weighted by atomic mass is 10.1. The van der Waals surface area contributed by atoms with Crippen LogP contribution in [0.5, 0.6) is 0 Å². The van der Waals surface area contributed by atoms with E-state index in [1.165, 1.54) is 12.1 Å². The summed E-state index contributed by atoms with van der Waals surface area (Å²) >= 11 is 5.59. The van der Waals surface area contributed by atoms with Gasteiger partial charge in [0.1, 0.15) is 11.6 Å². The zero-order chi connectivity index (χ0) is 11.5. The Morgan fingerprint density at radius 1 is 1.50 bits per heavy atom. The largest absolute Gasteiger partial charge is 0.348 e. The number of aromatic nitrogens is 2. The molecule has 1 heterocycles. The molecule has 0 unspecified atom stereocenters. The van der Waals surface area contributed by atoms with Gasteiger partial charge in [0.15, 0.2) is 5.78 Å². The molecule has 0 amide bonds. The third-order valence-electron chi connectivity index (χ3n) is 2.11. The number of carbonyl (C=O) groups excluding carboxylic acids is 1. The number of rotatable bonds is 3. The van der Waals surface area contributed by atoms with Crippen molar-refractivity contribution in [2.45, 2.75) is 6.42 Å². The van der Waals surface area contributed by atoms with E-state index < -0.39 is 5.82 Å². The van der Waals surface area contributed by atoms with Crippen molar-refractivity contribution in [1.82, 2.24) is 9.97 Å². The van der Waals surface area contributed by atoms with E-state index in [0.29, 0.717) is 5.82 Å². The molecule has 0 aliphatic carbocycles. The van der Waals surface area contributed by atoms with Gasteiger partial charge in [-0.1, -0.05) is 11.6 Å². The van der Waals surface area contributed by atoms with Gasteiger partial charge in [-0.25, -0.2) is 9.37 Å². The Kier molecular flexibility index (Phi) is 3.01. The van der Waals surface area contributed by atoms with Crippen LogP contribution in [0.15, 0.2) is 30.6 Å². The number of carbonyl (C=O) groups is 1. The molecule has 82 valence electrons. The minimum Gasteiger partial charge on any atom is -0.348 e. The van der Waals surface area contributed by atoms with E-state index in [1.54, 1.807) is 12.4 Å². The predicted octanol–water partition coefficient (Wildman–Crippen LogP) is 2.63. The number of imidazole rings is 1. The lowest BCUT2D eigenvalue weighted by molar-refractivity contribution is 0.0987. The van der Waals surface area contributed by atoms with Gasteiger partial charge in [-0.3, -0.25) is 4.79 Å². The number of hydrogen-bond donors (Lipinski definition) is 1. The molecule has 0 bridgehead atoms. The number of H-pyrrole nitrogens is 1. The summed E-state index contributed by atoms with van der Waals surface area (Å²) in [6.07, 6.45) is 3.20. The first-order valence-electron chi connectivity index (χ1n) is 4.63. The number of halogens is 2. The molecule has 0 atom stereocenters. The van der Waals surface area contributed by atoms with Crippen molar-refractivity contribution in [3.05, 3.63) is 52.8 Å². The Labute approximate surface area is 96.3 Å². The van der Waals surface area contributed by atoms with Crippen LogP contribution in [-0.2, 0) is 6.42 Å². The Bertz CT molecular complexity index is 511. The number of hydrogen-bond acceptors (Lipinski definition) is 2. The number of benzene rings is 1. The molecule has 1 aromatic heterocycles. The number of ketones is 1. The van der Waals surface area contributed by atoms with Crippen molar-refractivity contribution in [1.29, 1.82) is 0 Å². The second-order valence-corrected chi connectivity index (χ2v) is 3.70. The molecule has 1 N–H and O–H groups in total. The normalized spacial score (nSPS) is 10.4. The fourth-order valence-corrected chi connectivity index (χ4v) is 1.52. The van der Waals surface area contributed by atoms with Crippen LogP contribution in [-0.4, -0.2) is 15.8 Å². The van der Waals surface area contributed by atoms with E-state index in [4.69, 9.17) is 11.6 Å². The van der Waals surface area contributed by atoms with Gasteiger partial charge in [0.05, 0.1) is 12.0 Å². The van der Waals surface area contributed by atoms with E-state index in [9.17, 15) is 9.18 Å². The van der Waals surface area contributed by atoms with Gasteiger partial charge in [-0.2, -0.15) is 0 Å². The molecule has 0 aliphatic rings. The van der Waals surface area contributed by atoms with Crippen molar-refractivity contribution in [2.24, 2.45) is 0 Å². The van der Waals surface area contributed by atoms with Crippen LogP contribution in [0.4, 0.5) is 4.39 Å². The SMILES string of the molecule is O=C(Cc1ncc[nH]1)c1ccc(Cl)cc1F. The van der Waals surface area contributed by atoms with Gasteiger partial charge in [0.25, 0.3) is 0 Å². The van der Waals surface area contributed by atoms with Gasteiger partial charge in [-0.15, -0.1) is 0 Å². The highest BCUT2D eigenvalue weighted by Crippen LogP contribution is 2.16. The van der Waals surface area contributed by atoms with E-state index in [-0.39, 0.29) is 22.8 Å². The Balaban J connectivity index is 2.21. The molecular weight excluding hydrogens is 231 g/mol. The summed E-state index contributed by atoms with van der Waals surface area (Å²) in [4.78, 5) is 18.4. The van der Waals surface area contributed by atoms with Crippen molar-refractivity contribution >= 4 is 17.4 Å². The highest BCUT2D eigenvalue weighted by Gasteiger charge is 2.13. The van der Waals surface area contributed by atoms with Crippen molar-refractivity contribution in [3.8, 4) is 0 Å². The Hall–Kier alpha value is -1.68. The van der Waals surface area contributed by atoms with Gasteiger partial charge < -0.3 is 4.98 Å². The smallest absolute Gasteiger partial charge is 0.173 e.